The average molecular weight is 176 g/mol. The lowest BCUT2D eigenvalue weighted by molar-refractivity contribution is 0.481. The number of phenols is 1. The average Bonchev–Trinajstić information content (AvgIpc) is 2.51. The van der Waals surface area contributed by atoms with Crippen LogP contribution in [0.3, 0.4) is 0 Å². The first-order chi connectivity index (χ1) is 6.33. The van der Waals surface area contributed by atoms with E-state index in [0.717, 1.165) is 23.0 Å². The van der Waals surface area contributed by atoms with Crippen LogP contribution >= 0.6 is 0 Å². The number of hydrogen-bond acceptors (Lipinski definition) is 2. The Labute approximate surface area is 76.4 Å². The van der Waals surface area contributed by atoms with E-state index in [0.29, 0.717) is 5.75 Å². The Morgan fingerprint density at radius 2 is 2.31 bits per heavy atom. The van der Waals surface area contributed by atoms with Gasteiger partial charge in [0.2, 0.25) is 0 Å². The zero-order chi connectivity index (χ0) is 9.26. The normalized spacial score (nSPS) is 10.8. The largest absolute Gasteiger partial charge is 0.507 e. The van der Waals surface area contributed by atoms with Crippen LogP contribution in [-0.2, 0) is 6.54 Å². The summed E-state index contributed by atoms with van der Waals surface area (Å²) >= 11 is 0. The number of hydrogen-bond donors (Lipinski definition) is 3. The number of aromatic amines is 1. The van der Waals surface area contributed by atoms with Gasteiger partial charge in [-0.1, -0.05) is 6.07 Å². The zero-order valence-electron chi connectivity index (χ0n) is 7.46. The molecule has 3 N–H and O–H groups in total. The molecule has 0 aliphatic heterocycles. The topological polar surface area (TPSA) is 48.0 Å². The minimum atomic E-state index is 0.337. The van der Waals surface area contributed by atoms with E-state index >= 15 is 0 Å². The molecule has 0 saturated carbocycles. The van der Waals surface area contributed by atoms with E-state index in [2.05, 4.69) is 10.3 Å². The van der Waals surface area contributed by atoms with Crippen molar-refractivity contribution in [1.29, 1.82) is 0 Å². The van der Waals surface area contributed by atoms with Crippen LogP contribution in [-0.4, -0.2) is 17.1 Å². The van der Waals surface area contributed by atoms with Crippen LogP contribution in [0.15, 0.2) is 24.4 Å². The summed E-state index contributed by atoms with van der Waals surface area (Å²) < 4.78 is 0. The first kappa shape index (κ1) is 8.13. The summed E-state index contributed by atoms with van der Waals surface area (Å²) in [5.74, 6) is 0.337. The SMILES string of the molecule is CNCc1c[nH]c2cccc(O)c12. The molecule has 3 nitrogen and oxygen atoms in total. The third kappa shape index (κ3) is 1.27. The predicted molar refractivity (Wildman–Crippen MR) is 52.7 cm³/mol. The maximum atomic E-state index is 9.62. The maximum absolute atomic E-state index is 9.62. The van der Waals surface area contributed by atoms with Crippen molar-refractivity contribution < 1.29 is 5.11 Å². The van der Waals surface area contributed by atoms with Crippen LogP contribution in [0.2, 0.25) is 0 Å². The van der Waals surface area contributed by atoms with E-state index in [1.165, 1.54) is 0 Å². The number of rotatable bonds is 2. The summed E-state index contributed by atoms with van der Waals surface area (Å²) in [6.45, 7) is 0.761. The Morgan fingerprint density at radius 1 is 1.46 bits per heavy atom. The van der Waals surface area contributed by atoms with Gasteiger partial charge in [0.05, 0.1) is 0 Å². The summed E-state index contributed by atoms with van der Waals surface area (Å²) in [6, 6.07) is 5.49. The van der Waals surface area contributed by atoms with Gasteiger partial charge in [-0.2, -0.15) is 0 Å². The number of benzene rings is 1. The Bertz CT molecular complexity index is 420. The molecule has 1 aromatic carbocycles. The highest BCUT2D eigenvalue weighted by molar-refractivity contribution is 5.88. The molecule has 68 valence electrons. The minimum absolute atomic E-state index is 0.337. The first-order valence-corrected chi connectivity index (χ1v) is 4.25. The van der Waals surface area contributed by atoms with Crippen molar-refractivity contribution in [2.75, 3.05) is 7.05 Å². The monoisotopic (exact) mass is 176 g/mol. The Kier molecular flexibility index (Phi) is 1.94. The van der Waals surface area contributed by atoms with Crippen LogP contribution < -0.4 is 5.32 Å². The second-order valence-electron chi connectivity index (χ2n) is 3.04. The highest BCUT2D eigenvalue weighted by Gasteiger charge is 2.05. The number of H-pyrrole nitrogens is 1. The number of aromatic nitrogens is 1. The van der Waals surface area contributed by atoms with Crippen molar-refractivity contribution in [2.24, 2.45) is 0 Å². The molecule has 1 heterocycles. The molecule has 2 aromatic rings. The third-order valence-corrected chi connectivity index (χ3v) is 2.13. The third-order valence-electron chi connectivity index (χ3n) is 2.13. The zero-order valence-corrected chi connectivity index (χ0v) is 7.46. The van der Waals surface area contributed by atoms with Gasteiger partial charge in [0, 0.05) is 23.6 Å². The molecule has 0 atom stereocenters. The quantitative estimate of drug-likeness (QED) is 0.650. The summed E-state index contributed by atoms with van der Waals surface area (Å²) in [7, 11) is 1.89. The van der Waals surface area contributed by atoms with Gasteiger partial charge in [-0.15, -0.1) is 0 Å². The van der Waals surface area contributed by atoms with Crippen molar-refractivity contribution in [3.8, 4) is 5.75 Å². The van der Waals surface area contributed by atoms with Crippen LogP contribution in [0.5, 0.6) is 5.75 Å². The summed E-state index contributed by atoms with van der Waals surface area (Å²) in [5.41, 5.74) is 2.07. The molecule has 0 aliphatic carbocycles. The van der Waals surface area contributed by atoms with Crippen molar-refractivity contribution in [2.45, 2.75) is 6.54 Å². The summed E-state index contributed by atoms with van der Waals surface area (Å²) in [6.07, 6.45) is 1.92. The van der Waals surface area contributed by atoms with E-state index in [1.54, 1.807) is 6.07 Å². The summed E-state index contributed by atoms with van der Waals surface area (Å²) in [5, 5.41) is 13.6. The molecule has 0 saturated heterocycles. The molecule has 1 aromatic heterocycles. The minimum Gasteiger partial charge on any atom is -0.507 e. The van der Waals surface area contributed by atoms with Gasteiger partial charge in [0.25, 0.3) is 0 Å². The Balaban J connectivity index is 2.64. The van der Waals surface area contributed by atoms with Crippen LogP contribution in [0.4, 0.5) is 0 Å². The van der Waals surface area contributed by atoms with Crippen LogP contribution in [0.1, 0.15) is 5.56 Å². The number of nitrogens with one attached hydrogen (secondary N) is 2. The van der Waals surface area contributed by atoms with Gasteiger partial charge in [0.1, 0.15) is 5.75 Å². The van der Waals surface area contributed by atoms with Gasteiger partial charge in [-0.25, -0.2) is 0 Å². The van der Waals surface area contributed by atoms with Gasteiger partial charge < -0.3 is 15.4 Å². The molecular formula is C10H12N2O. The van der Waals surface area contributed by atoms with E-state index in [1.807, 2.05) is 25.4 Å². The van der Waals surface area contributed by atoms with Crippen LogP contribution in [0.25, 0.3) is 10.9 Å². The molecule has 0 bridgehead atoms. The molecule has 0 fully saturated rings. The number of aromatic hydroxyl groups is 1. The van der Waals surface area contributed by atoms with Gasteiger partial charge in [-0.05, 0) is 24.7 Å². The first-order valence-electron chi connectivity index (χ1n) is 4.25. The molecular weight excluding hydrogens is 164 g/mol. The lowest BCUT2D eigenvalue weighted by atomic mass is 10.1. The molecule has 0 amide bonds. The molecule has 0 radical (unpaired) electrons. The fourth-order valence-corrected chi connectivity index (χ4v) is 1.56. The molecule has 0 aliphatic rings. The van der Waals surface area contributed by atoms with Gasteiger partial charge >= 0.3 is 0 Å². The van der Waals surface area contributed by atoms with Gasteiger partial charge in [0.15, 0.2) is 0 Å². The molecule has 2 rings (SSSR count). The Hall–Kier alpha value is -1.48. The Morgan fingerprint density at radius 3 is 3.08 bits per heavy atom. The lowest BCUT2D eigenvalue weighted by Gasteiger charge is -1.99. The van der Waals surface area contributed by atoms with Crippen molar-refractivity contribution in [1.82, 2.24) is 10.3 Å². The molecule has 0 spiro atoms. The van der Waals surface area contributed by atoms with E-state index in [4.69, 9.17) is 0 Å². The van der Waals surface area contributed by atoms with Crippen molar-refractivity contribution in [3.63, 3.8) is 0 Å². The smallest absolute Gasteiger partial charge is 0.125 e. The fraction of sp³-hybridized carbons (Fsp3) is 0.200. The number of phenolic OH excluding ortho intramolecular Hbond substituents is 1. The predicted octanol–water partition coefficient (Wildman–Crippen LogP) is 1.59. The van der Waals surface area contributed by atoms with E-state index < -0.39 is 0 Å². The van der Waals surface area contributed by atoms with E-state index in [-0.39, 0.29) is 0 Å². The van der Waals surface area contributed by atoms with E-state index in [9.17, 15) is 5.11 Å². The second kappa shape index (κ2) is 3.11. The lowest BCUT2D eigenvalue weighted by Crippen LogP contribution is -2.03. The van der Waals surface area contributed by atoms with Crippen LogP contribution in [0, 0.1) is 0 Å². The fourth-order valence-electron chi connectivity index (χ4n) is 1.56. The van der Waals surface area contributed by atoms with Gasteiger partial charge in [-0.3, -0.25) is 0 Å². The van der Waals surface area contributed by atoms with Crippen molar-refractivity contribution in [3.05, 3.63) is 30.0 Å². The highest BCUT2D eigenvalue weighted by Crippen LogP contribution is 2.27. The summed E-state index contributed by atoms with van der Waals surface area (Å²) in [4.78, 5) is 3.11. The maximum Gasteiger partial charge on any atom is 0.125 e. The molecule has 0 unspecified atom stereocenters. The molecule has 13 heavy (non-hydrogen) atoms. The second-order valence-corrected chi connectivity index (χ2v) is 3.04. The van der Waals surface area contributed by atoms with Crippen molar-refractivity contribution >= 4 is 10.9 Å². The highest BCUT2D eigenvalue weighted by atomic mass is 16.3. The molecule has 3 heteroatoms. The standard InChI is InChI=1S/C10H12N2O/c1-11-5-7-6-12-8-3-2-4-9(13)10(7)8/h2-4,6,11-13H,5H2,1H3. The number of fused-ring (bicyclic) bond motifs is 1.